The fourth-order valence-electron chi connectivity index (χ4n) is 2.71. The zero-order valence-electron chi connectivity index (χ0n) is 15.1. The summed E-state index contributed by atoms with van der Waals surface area (Å²) < 4.78 is 0. The van der Waals surface area contributed by atoms with Gasteiger partial charge in [-0.05, 0) is 35.7 Å². The first-order chi connectivity index (χ1) is 12.3. The lowest BCUT2D eigenvalue weighted by Crippen LogP contribution is -2.41. The average Bonchev–Trinajstić information content (AvgIpc) is 2.62. The van der Waals surface area contributed by atoms with Crippen molar-refractivity contribution in [2.75, 3.05) is 13.6 Å². The summed E-state index contributed by atoms with van der Waals surface area (Å²) in [6, 6.07) is 14.8. The maximum atomic E-state index is 12.4. The number of nitrogens with zero attached hydrogens (tertiary/aromatic N) is 1. The van der Waals surface area contributed by atoms with E-state index in [-0.39, 0.29) is 18.6 Å². The Morgan fingerprint density at radius 1 is 1.12 bits per heavy atom. The number of carboxylic acid groups (broad SMARTS) is 1. The van der Waals surface area contributed by atoms with E-state index in [9.17, 15) is 9.59 Å². The molecular weight excluding hydrogens is 352 g/mol. The summed E-state index contributed by atoms with van der Waals surface area (Å²) in [5.74, 6) is -1.55. The van der Waals surface area contributed by atoms with Crippen LogP contribution in [-0.2, 0) is 4.79 Å². The van der Waals surface area contributed by atoms with E-state index >= 15 is 0 Å². The number of aliphatic carboxylic acids is 1. The van der Waals surface area contributed by atoms with Crippen LogP contribution in [0.25, 0.3) is 11.1 Å². The predicted octanol–water partition coefficient (Wildman–Crippen LogP) is 4.43. The van der Waals surface area contributed by atoms with Crippen molar-refractivity contribution in [3.8, 4) is 11.1 Å². The van der Waals surface area contributed by atoms with Crippen LogP contribution in [0.15, 0.2) is 48.5 Å². The van der Waals surface area contributed by atoms with Gasteiger partial charge in [0.05, 0.1) is 12.0 Å². The van der Waals surface area contributed by atoms with Gasteiger partial charge in [0.1, 0.15) is 0 Å². The highest BCUT2D eigenvalue weighted by Crippen LogP contribution is 2.29. The second kappa shape index (κ2) is 8.72. The minimum atomic E-state index is -0.925. The Kier molecular flexibility index (Phi) is 6.64. The van der Waals surface area contributed by atoms with Gasteiger partial charge in [0.15, 0.2) is 0 Å². The highest BCUT2D eigenvalue weighted by atomic mass is 35.5. The summed E-state index contributed by atoms with van der Waals surface area (Å²) in [4.78, 5) is 24.7. The van der Waals surface area contributed by atoms with Crippen LogP contribution >= 0.6 is 11.6 Å². The van der Waals surface area contributed by atoms with Gasteiger partial charge in [0.25, 0.3) is 0 Å². The van der Waals surface area contributed by atoms with E-state index in [0.717, 1.165) is 16.7 Å². The highest BCUT2D eigenvalue weighted by Gasteiger charge is 2.20. The fraction of sp³-hybridized carbons (Fsp3) is 0.300. The van der Waals surface area contributed by atoms with E-state index in [1.54, 1.807) is 14.0 Å². The van der Waals surface area contributed by atoms with Gasteiger partial charge in [-0.2, -0.15) is 0 Å². The molecule has 0 aliphatic carbocycles. The summed E-state index contributed by atoms with van der Waals surface area (Å²) in [5, 5.41) is 12.6. The third-order valence-corrected chi connectivity index (χ3v) is 4.49. The standard InChI is InChI=1S/C20H23ClN2O3/c1-13(19(24)25)12-23(3)20(26)22-14(2)17-6-4-5-7-18(17)15-8-10-16(21)11-9-15/h4-11,13-14H,12H2,1-3H3,(H,22,26)(H,24,25). The summed E-state index contributed by atoms with van der Waals surface area (Å²) in [6.07, 6.45) is 0. The number of hydrogen-bond donors (Lipinski definition) is 2. The Morgan fingerprint density at radius 3 is 2.35 bits per heavy atom. The number of amides is 2. The average molecular weight is 375 g/mol. The maximum Gasteiger partial charge on any atom is 0.317 e. The van der Waals surface area contributed by atoms with Gasteiger partial charge in [0.2, 0.25) is 0 Å². The lowest BCUT2D eigenvalue weighted by Gasteiger charge is -2.24. The number of carboxylic acids is 1. The molecule has 2 N–H and O–H groups in total. The quantitative estimate of drug-likeness (QED) is 0.785. The third-order valence-electron chi connectivity index (χ3n) is 4.24. The Bertz CT molecular complexity index is 777. The van der Waals surface area contributed by atoms with Crippen LogP contribution in [0.2, 0.25) is 5.02 Å². The number of rotatable bonds is 6. The molecule has 2 aromatic carbocycles. The van der Waals surface area contributed by atoms with Crippen molar-refractivity contribution in [2.45, 2.75) is 19.9 Å². The molecule has 0 aromatic heterocycles. The fourth-order valence-corrected chi connectivity index (χ4v) is 2.84. The van der Waals surface area contributed by atoms with E-state index < -0.39 is 11.9 Å². The van der Waals surface area contributed by atoms with Gasteiger partial charge in [-0.25, -0.2) is 4.79 Å². The molecule has 0 bridgehead atoms. The smallest absolute Gasteiger partial charge is 0.317 e. The first kappa shape index (κ1) is 19.8. The molecule has 2 unspecified atom stereocenters. The lowest BCUT2D eigenvalue weighted by atomic mass is 9.95. The Labute approximate surface area is 158 Å². The van der Waals surface area contributed by atoms with Crippen LogP contribution in [0, 0.1) is 5.92 Å². The largest absolute Gasteiger partial charge is 0.481 e. The van der Waals surface area contributed by atoms with Gasteiger partial charge in [-0.1, -0.05) is 54.9 Å². The normalized spacial score (nSPS) is 12.9. The van der Waals surface area contributed by atoms with Gasteiger partial charge in [0, 0.05) is 18.6 Å². The first-order valence-electron chi connectivity index (χ1n) is 8.39. The first-order valence-corrected chi connectivity index (χ1v) is 8.76. The van der Waals surface area contributed by atoms with E-state index in [1.807, 2.05) is 55.5 Å². The van der Waals surface area contributed by atoms with Crippen LogP contribution < -0.4 is 5.32 Å². The molecule has 5 nitrogen and oxygen atoms in total. The molecule has 0 saturated heterocycles. The molecule has 0 fully saturated rings. The molecule has 0 aliphatic rings. The number of halogens is 1. The zero-order valence-corrected chi connectivity index (χ0v) is 15.8. The van der Waals surface area contributed by atoms with E-state index in [1.165, 1.54) is 4.90 Å². The minimum absolute atomic E-state index is 0.146. The van der Waals surface area contributed by atoms with Crippen molar-refractivity contribution in [1.29, 1.82) is 0 Å². The predicted molar refractivity (Wildman–Crippen MR) is 103 cm³/mol. The van der Waals surface area contributed by atoms with Crippen LogP contribution in [0.3, 0.4) is 0 Å². The summed E-state index contributed by atoms with van der Waals surface area (Å²) >= 11 is 5.96. The number of carbonyl (C=O) groups excluding carboxylic acids is 1. The van der Waals surface area contributed by atoms with Gasteiger partial charge in [-0.15, -0.1) is 0 Å². The molecule has 0 aliphatic heterocycles. The van der Waals surface area contributed by atoms with Crippen molar-refractivity contribution < 1.29 is 14.7 Å². The number of nitrogens with one attached hydrogen (secondary N) is 1. The van der Waals surface area contributed by atoms with Gasteiger partial charge in [-0.3, -0.25) is 4.79 Å². The maximum absolute atomic E-state index is 12.4. The van der Waals surface area contributed by atoms with Crippen molar-refractivity contribution >= 4 is 23.6 Å². The second-order valence-corrected chi connectivity index (χ2v) is 6.82. The molecule has 6 heteroatoms. The molecule has 138 valence electrons. The Morgan fingerprint density at radius 2 is 1.73 bits per heavy atom. The molecule has 2 rings (SSSR count). The molecule has 26 heavy (non-hydrogen) atoms. The number of benzene rings is 2. The van der Waals surface area contributed by atoms with E-state index in [2.05, 4.69) is 5.32 Å². The SMILES string of the molecule is CC(CN(C)C(=O)NC(C)c1ccccc1-c1ccc(Cl)cc1)C(=O)O. The van der Waals surface area contributed by atoms with Crippen molar-refractivity contribution in [1.82, 2.24) is 10.2 Å². The molecule has 2 atom stereocenters. The Balaban J connectivity index is 2.15. The summed E-state index contributed by atoms with van der Waals surface area (Å²) in [5.41, 5.74) is 3.00. The van der Waals surface area contributed by atoms with Crippen LogP contribution in [0.4, 0.5) is 4.79 Å². The van der Waals surface area contributed by atoms with E-state index in [0.29, 0.717) is 5.02 Å². The molecule has 2 aromatic rings. The minimum Gasteiger partial charge on any atom is -0.481 e. The zero-order chi connectivity index (χ0) is 19.3. The van der Waals surface area contributed by atoms with Crippen LogP contribution in [-0.4, -0.2) is 35.6 Å². The van der Waals surface area contributed by atoms with Crippen molar-refractivity contribution in [3.05, 3.63) is 59.1 Å². The number of hydrogen-bond acceptors (Lipinski definition) is 2. The number of urea groups is 1. The topological polar surface area (TPSA) is 69.6 Å². The highest BCUT2D eigenvalue weighted by molar-refractivity contribution is 6.30. The second-order valence-electron chi connectivity index (χ2n) is 6.39. The van der Waals surface area contributed by atoms with Crippen LogP contribution in [0.1, 0.15) is 25.5 Å². The van der Waals surface area contributed by atoms with Crippen molar-refractivity contribution in [2.24, 2.45) is 5.92 Å². The summed E-state index contributed by atoms with van der Waals surface area (Å²) in [7, 11) is 1.59. The lowest BCUT2D eigenvalue weighted by molar-refractivity contribution is -0.141. The molecule has 0 radical (unpaired) electrons. The van der Waals surface area contributed by atoms with Crippen molar-refractivity contribution in [3.63, 3.8) is 0 Å². The molecule has 0 spiro atoms. The number of carbonyl (C=O) groups is 2. The van der Waals surface area contributed by atoms with E-state index in [4.69, 9.17) is 16.7 Å². The molecule has 0 saturated carbocycles. The molecular formula is C20H23ClN2O3. The monoisotopic (exact) mass is 374 g/mol. The molecule has 0 heterocycles. The summed E-state index contributed by atoms with van der Waals surface area (Å²) in [6.45, 7) is 3.62. The van der Waals surface area contributed by atoms with Gasteiger partial charge >= 0.3 is 12.0 Å². The van der Waals surface area contributed by atoms with Crippen LogP contribution in [0.5, 0.6) is 0 Å². The molecule has 2 amide bonds. The Hall–Kier alpha value is -2.53. The van der Waals surface area contributed by atoms with Gasteiger partial charge < -0.3 is 15.3 Å². The third kappa shape index (κ3) is 4.99.